The average molecular weight is 338 g/mol. The maximum Gasteiger partial charge on any atom is 0.407 e. The van der Waals surface area contributed by atoms with Crippen LogP contribution in [0, 0.1) is 11.3 Å². The van der Waals surface area contributed by atoms with Crippen LogP contribution in [0.15, 0.2) is 0 Å². The van der Waals surface area contributed by atoms with Crippen molar-refractivity contribution in [2.24, 2.45) is 11.3 Å². The molecule has 5 unspecified atom stereocenters. The minimum Gasteiger partial charge on any atom is -0.444 e. The molecule has 2 N–H and O–H groups in total. The zero-order chi connectivity index (χ0) is 17.5. The monoisotopic (exact) mass is 338 g/mol. The number of amides is 1. The summed E-state index contributed by atoms with van der Waals surface area (Å²) in [6.45, 7) is 11.2. The number of ether oxygens (including phenoxy) is 2. The molecule has 138 valence electrons. The van der Waals surface area contributed by atoms with E-state index < -0.39 is 5.60 Å². The molecule has 0 aromatic rings. The maximum atomic E-state index is 12.2. The van der Waals surface area contributed by atoms with E-state index >= 15 is 0 Å². The van der Waals surface area contributed by atoms with Gasteiger partial charge in [0.1, 0.15) is 5.60 Å². The number of hydrogen-bond acceptors (Lipinski definition) is 4. The molecule has 0 bridgehead atoms. The van der Waals surface area contributed by atoms with Crippen LogP contribution >= 0.6 is 0 Å². The summed E-state index contributed by atoms with van der Waals surface area (Å²) in [7, 11) is 0. The van der Waals surface area contributed by atoms with Gasteiger partial charge in [0.2, 0.25) is 0 Å². The molecule has 1 saturated heterocycles. The topological polar surface area (TPSA) is 59.6 Å². The van der Waals surface area contributed by atoms with Crippen LogP contribution in [-0.4, -0.2) is 42.5 Å². The van der Waals surface area contributed by atoms with Crippen LogP contribution < -0.4 is 10.6 Å². The van der Waals surface area contributed by atoms with Gasteiger partial charge in [-0.25, -0.2) is 4.79 Å². The molecule has 1 aliphatic heterocycles. The first-order valence-corrected chi connectivity index (χ1v) is 9.52. The van der Waals surface area contributed by atoms with Crippen molar-refractivity contribution in [2.75, 3.05) is 6.61 Å². The fraction of sp³-hybridized carbons (Fsp3) is 0.947. The van der Waals surface area contributed by atoms with Crippen molar-refractivity contribution in [1.82, 2.24) is 10.6 Å². The van der Waals surface area contributed by atoms with Gasteiger partial charge in [-0.05, 0) is 58.3 Å². The fourth-order valence-electron chi connectivity index (χ4n) is 4.59. The number of hydrogen-bond donors (Lipinski definition) is 2. The SMILES string of the molecule is CC1(C)CCC(NC2C(NC(=O)OC(C)(C)C)C3CCCOC32)C1. The lowest BCUT2D eigenvalue weighted by Gasteiger charge is -2.54. The Morgan fingerprint density at radius 1 is 1.21 bits per heavy atom. The molecule has 0 aromatic carbocycles. The molecule has 3 rings (SSSR count). The molecule has 24 heavy (non-hydrogen) atoms. The van der Waals surface area contributed by atoms with E-state index in [0.29, 0.717) is 17.4 Å². The molecule has 0 aromatic heterocycles. The summed E-state index contributed by atoms with van der Waals surface area (Å²) < 4.78 is 11.5. The molecule has 1 amide bonds. The molecule has 0 radical (unpaired) electrons. The van der Waals surface area contributed by atoms with Gasteiger partial charge < -0.3 is 20.1 Å². The Morgan fingerprint density at radius 3 is 2.58 bits per heavy atom. The first kappa shape index (κ1) is 18.0. The van der Waals surface area contributed by atoms with E-state index in [9.17, 15) is 4.79 Å². The van der Waals surface area contributed by atoms with Crippen molar-refractivity contribution in [3.63, 3.8) is 0 Å². The summed E-state index contributed by atoms with van der Waals surface area (Å²) in [6, 6.07) is 0.856. The van der Waals surface area contributed by atoms with Gasteiger partial charge in [0.25, 0.3) is 0 Å². The highest BCUT2D eigenvalue weighted by atomic mass is 16.6. The van der Waals surface area contributed by atoms with Gasteiger partial charge in [-0.3, -0.25) is 0 Å². The number of carbonyl (C=O) groups is 1. The van der Waals surface area contributed by atoms with Crippen LogP contribution in [0.2, 0.25) is 0 Å². The molecular weight excluding hydrogens is 304 g/mol. The summed E-state index contributed by atoms with van der Waals surface area (Å²) >= 11 is 0. The van der Waals surface area contributed by atoms with Gasteiger partial charge in [0.05, 0.1) is 18.2 Å². The van der Waals surface area contributed by atoms with Gasteiger partial charge in [0.15, 0.2) is 0 Å². The predicted molar refractivity (Wildman–Crippen MR) is 94.0 cm³/mol. The van der Waals surface area contributed by atoms with Crippen LogP contribution in [0.3, 0.4) is 0 Å². The van der Waals surface area contributed by atoms with E-state index in [1.165, 1.54) is 19.3 Å². The van der Waals surface area contributed by atoms with E-state index in [4.69, 9.17) is 9.47 Å². The zero-order valence-corrected chi connectivity index (χ0v) is 15.9. The van der Waals surface area contributed by atoms with Crippen molar-refractivity contribution in [2.45, 2.75) is 96.6 Å². The summed E-state index contributed by atoms with van der Waals surface area (Å²) in [5.41, 5.74) is -0.0446. The van der Waals surface area contributed by atoms with E-state index in [-0.39, 0.29) is 24.3 Å². The normalized spacial score (nSPS) is 38.1. The first-order chi connectivity index (χ1) is 11.1. The molecule has 2 aliphatic carbocycles. The minimum atomic E-state index is -0.464. The molecule has 5 atom stereocenters. The third-order valence-corrected chi connectivity index (χ3v) is 5.70. The summed E-state index contributed by atoms with van der Waals surface area (Å²) in [5.74, 6) is 0.415. The second-order valence-corrected chi connectivity index (χ2v) is 9.61. The van der Waals surface area contributed by atoms with Crippen molar-refractivity contribution < 1.29 is 14.3 Å². The lowest BCUT2D eigenvalue weighted by Crippen LogP contribution is -2.74. The second kappa shape index (κ2) is 6.49. The highest BCUT2D eigenvalue weighted by molar-refractivity contribution is 5.68. The molecule has 5 heteroatoms. The Morgan fingerprint density at radius 2 is 1.96 bits per heavy atom. The van der Waals surface area contributed by atoms with E-state index in [1.54, 1.807) is 0 Å². The third-order valence-electron chi connectivity index (χ3n) is 5.70. The quantitative estimate of drug-likeness (QED) is 0.829. The van der Waals surface area contributed by atoms with E-state index in [0.717, 1.165) is 19.4 Å². The number of alkyl carbamates (subject to hydrolysis) is 1. The van der Waals surface area contributed by atoms with E-state index in [1.807, 2.05) is 20.8 Å². The lowest BCUT2D eigenvalue weighted by molar-refractivity contribution is -0.130. The van der Waals surface area contributed by atoms with Crippen molar-refractivity contribution in [1.29, 1.82) is 0 Å². The van der Waals surface area contributed by atoms with Gasteiger partial charge in [-0.15, -0.1) is 0 Å². The number of rotatable bonds is 3. The Kier molecular flexibility index (Phi) is 4.86. The molecule has 1 heterocycles. The van der Waals surface area contributed by atoms with Gasteiger partial charge in [-0.2, -0.15) is 0 Å². The number of fused-ring (bicyclic) bond motifs is 1. The molecule has 0 spiro atoms. The number of nitrogens with one attached hydrogen (secondary N) is 2. The highest BCUT2D eigenvalue weighted by Crippen LogP contribution is 2.42. The standard InChI is InChI=1S/C19H34N2O3/c1-18(2,3)24-17(22)21-14-13-7-6-10-23-16(13)15(14)20-12-8-9-19(4,5)11-12/h12-16,20H,6-11H2,1-5H3,(H,21,22). The molecular formula is C19H34N2O3. The van der Waals surface area contributed by atoms with Crippen LogP contribution in [0.4, 0.5) is 4.79 Å². The van der Waals surface area contributed by atoms with Crippen molar-refractivity contribution in [3.8, 4) is 0 Å². The molecule has 5 nitrogen and oxygen atoms in total. The van der Waals surface area contributed by atoms with Crippen LogP contribution in [0.5, 0.6) is 0 Å². The third kappa shape index (κ3) is 4.05. The molecule has 3 fully saturated rings. The van der Waals surface area contributed by atoms with Crippen LogP contribution in [0.25, 0.3) is 0 Å². The maximum absolute atomic E-state index is 12.2. The average Bonchev–Trinajstić information content (AvgIpc) is 2.80. The second-order valence-electron chi connectivity index (χ2n) is 9.61. The summed E-state index contributed by atoms with van der Waals surface area (Å²) in [4.78, 5) is 12.2. The highest BCUT2D eigenvalue weighted by Gasteiger charge is 2.54. The fourth-order valence-corrected chi connectivity index (χ4v) is 4.59. The van der Waals surface area contributed by atoms with Gasteiger partial charge >= 0.3 is 6.09 Å². The Balaban J connectivity index is 1.61. The zero-order valence-electron chi connectivity index (χ0n) is 15.9. The van der Waals surface area contributed by atoms with Gasteiger partial charge in [0, 0.05) is 18.6 Å². The first-order valence-electron chi connectivity index (χ1n) is 9.52. The van der Waals surface area contributed by atoms with Crippen molar-refractivity contribution in [3.05, 3.63) is 0 Å². The molecule has 3 aliphatic rings. The lowest BCUT2D eigenvalue weighted by atomic mass is 9.68. The summed E-state index contributed by atoms with van der Waals surface area (Å²) in [5, 5.41) is 6.91. The predicted octanol–water partition coefficient (Wildman–Crippen LogP) is 3.23. The van der Waals surface area contributed by atoms with Crippen LogP contribution in [0.1, 0.15) is 66.7 Å². The van der Waals surface area contributed by atoms with E-state index in [2.05, 4.69) is 24.5 Å². The van der Waals surface area contributed by atoms with Crippen molar-refractivity contribution >= 4 is 6.09 Å². The molecule has 2 saturated carbocycles. The summed E-state index contributed by atoms with van der Waals surface area (Å²) in [6.07, 6.45) is 5.80. The minimum absolute atomic E-state index is 0.119. The van der Waals surface area contributed by atoms with Crippen LogP contribution in [-0.2, 0) is 9.47 Å². The smallest absolute Gasteiger partial charge is 0.407 e. The Bertz CT molecular complexity index is 472. The Hall–Kier alpha value is -0.810. The largest absolute Gasteiger partial charge is 0.444 e. The Labute approximate surface area is 146 Å². The van der Waals surface area contributed by atoms with Gasteiger partial charge in [-0.1, -0.05) is 13.8 Å². The number of carbonyl (C=O) groups excluding carboxylic acids is 1.